The molecule has 17 heavy (non-hydrogen) atoms. The first-order chi connectivity index (χ1) is 7.92. The van der Waals surface area contributed by atoms with Gasteiger partial charge in [0.05, 0.1) is 6.54 Å². The number of alkyl halides is 4. The van der Waals surface area contributed by atoms with Crippen molar-refractivity contribution < 1.29 is 17.6 Å². The minimum Gasteiger partial charge on any atom is -0.308 e. The Hall–Kier alpha value is -1.10. The largest absolute Gasteiger partial charge is 0.319 e. The third kappa shape index (κ3) is 4.73. The maximum Gasteiger partial charge on any atom is 0.319 e. The van der Waals surface area contributed by atoms with E-state index in [2.05, 4.69) is 5.32 Å². The molecule has 0 bridgehead atoms. The lowest BCUT2D eigenvalue weighted by molar-refractivity contribution is -0.126. The molecule has 1 nitrogen and oxygen atoms in total. The average molecular weight is 249 g/mol. The molecule has 0 radical (unpaired) electrons. The summed E-state index contributed by atoms with van der Waals surface area (Å²) in [5.41, 5.74) is 0.980. The van der Waals surface area contributed by atoms with Crippen LogP contribution in [0.2, 0.25) is 0 Å². The Morgan fingerprint density at radius 3 is 2.29 bits per heavy atom. The fraction of sp³-hybridized carbons (Fsp3) is 0.500. The molecule has 0 amide bonds. The van der Waals surface area contributed by atoms with Crippen LogP contribution in [0.25, 0.3) is 0 Å². The summed E-state index contributed by atoms with van der Waals surface area (Å²) < 4.78 is 49.1. The van der Waals surface area contributed by atoms with Crippen molar-refractivity contribution in [3.05, 3.63) is 35.9 Å². The molecule has 0 aliphatic rings. The lowest BCUT2D eigenvalue weighted by Gasteiger charge is -2.19. The fourth-order valence-corrected chi connectivity index (χ4v) is 1.43. The molecular formula is C12H15F4N. The molecule has 0 saturated heterocycles. The fourth-order valence-electron chi connectivity index (χ4n) is 1.43. The normalized spacial score (nSPS) is 14.0. The van der Waals surface area contributed by atoms with E-state index in [1.165, 1.54) is 0 Å². The van der Waals surface area contributed by atoms with Crippen LogP contribution in [-0.2, 0) is 6.42 Å². The summed E-state index contributed by atoms with van der Waals surface area (Å²) in [5, 5.41) is 2.42. The van der Waals surface area contributed by atoms with Crippen molar-refractivity contribution >= 4 is 0 Å². The molecule has 1 rings (SSSR count). The Morgan fingerprint density at radius 2 is 1.76 bits per heavy atom. The van der Waals surface area contributed by atoms with Crippen LogP contribution in [0, 0.1) is 0 Å². The monoisotopic (exact) mass is 249 g/mol. The second kappa shape index (κ2) is 6.00. The summed E-state index contributed by atoms with van der Waals surface area (Å²) >= 11 is 0. The van der Waals surface area contributed by atoms with Crippen molar-refractivity contribution in [2.24, 2.45) is 0 Å². The second-order valence-electron chi connectivity index (χ2n) is 4.03. The van der Waals surface area contributed by atoms with Gasteiger partial charge < -0.3 is 5.32 Å². The molecule has 0 fully saturated rings. The van der Waals surface area contributed by atoms with E-state index in [9.17, 15) is 17.6 Å². The number of halogens is 4. The van der Waals surface area contributed by atoms with Crippen molar-refractivity contribution in [3.63, 3.8) is 0 Å². The van der Waals surface area contributed by atoms with Gasteiger partial charge in [-0.05, 0) is 18.9 Å². The molecule has 1 aromatic carbocycles. The molecule has 0 spiro atoms. The van der Waals surface area contributed by atoms with Crippen LogP contribution in [0.5, 0.6) is 0 Å². The predicted molar refractivity (Wildman–Crippen MR) is 58.6 cm³/mol. The van der Waals surface area contributed by atoms with Gasteiger partial charge >= 0.3 is 12.3 Å². The minimum absolute atomic E-state index is 0.276. The number of benzene rings is 1. The van der Waals surface area contributed by atoms with Gasteiger partial charge in [-0.15, -0.1) is 0 Å². The highest BCUT2D eigenvalue weighted by Crippen LogP contribution is 2.21. The second-order valence-corrected chi connectivity index (χ2v) is 4.03. The van der Waals surface area contributed by atoms with Crippen molar-refractivity contribution in [1.82, 2.24) is 5.32 Å². The molecule has 1 N–H and O–H groups in total. The molecule has 0 heterocycles. The maximum absolute atomic E-state index is 12.6. The van der Waals surface area contributed by atoms with E-state index in [-0.39, 0.29) is 6.04 Å². The Bertz CT molecular complexity index is 327. The number of rotatable bonds is 6. The zero-order valence-corrected chi connectivity index (χ0v) is 9.47. The molecule has 1 unspecified atom stereocenters. The van der Waals surface area contributed by atoms with Crippen LogP contribution in [0.3, 0.4) is 0 Å². The van der Waals surface area contributed by atoms with Crippen molar-refractivity contribution in [2.45, 2.75) is 31.7 Å². The van der Waals surface area contributed by atoms with E-state index in [0.29, 0.717) is 6.42 Å². The van der Waals surface area contributed by atoms with Crippen molar-refractivity contribution in [3.8, 4) is 0 Å². The van der Waals surface area contributed by atoms with Crippen LogP contribution in [0.4, 0.5) is 17.6 Å². The minimum atomic E-state index is -3.97. The molecule has 0 aliphatic heterocycles. The van der Waals surface area contributed by atoms with Gasteiger partial charge in [-0.3, -0.25) is 0 Å². The number of hydrogen-bond donors (Lipinski definition) is 1. The standard InChI is InChI=1S/C12H15F4N/c1-9(7-10-5-3-2-4-6-10)17-8-12(15,16)11(13)14/h2-6,9,11,17H,7-8H2,1H3. The highest BCUT2D eigenvalue weighted by atomic mass is 19.3. The lowest BCUT2D eigenvalue weighted by atomic mass is 10.1. The van der Waals surface area contributed by atoms with Crippen LogP contribution in [0.1, 0.15) is 12.5 Å². The highest BCUT2D eigenvalue weighted by molar-refractivity contribution is 5.15. The van der Waals surface area contributed by atoms with Gasteiger partial charge in [0.2, 0.25) is 0 Å². The van der Waals surface area contributed by atoms with E-state index in [1.54, 1.807) is 6.92 Å². The molecule has 1 aromatic rings. The maximum atomic E-state index is 12.6. The van der Waals surface area contributed by atoms with Crippen LogP contribution >= 0.6 is 0 Å². The highest BCUT2D eigenvalue weighted by Gasteiger charge is 2.40. The Kier molecular flexibility index (Phi) is 4.93. The van der Waals surface area contributed by atoms with E-state index in [4.69, 9.17) is 0 Å². The zero-order chi connectivity index (χ0) is 12.9. The first kappa shape index (κ1) is 14.0. The molecule has 0 aliphatic carbocycles. The summed E-state index contributed by atoms with van der Waals surface area (Å²) in [6.45, 7) is 0.688. The number of hydrogen-bond acceptors (Lipinski definition) is 1. The predicted octanol–water partition coefficient (Wildman–Crippen LogP) is 3.11. The lowest BCUT2D eigenvalue weighted by Crippen LogP contribution is -2.42. The number of nitrogens with one attached hydrogen (secondary N) is 1. The Morgan fingerprint density at radius 1 is 1.18 bits per heavy atom. The molecule has 0 saturated carbocycles. The van der Waals surface area contributed by atoms with Crippen LogP contribution < -0.4 is 5.32 Å². The third-order valence-electron chi connectivity index (χ3n) is 2.39. The summed E-state index contributed by atoms with van der Waals surface area (Å²) in [6.07, 6.45) is -3.10. The average Bonchev–Trinajstić information content (AvgIpc) is 2.28. The molecule has 5 heteroatoms. The van der Waals surface area contributed by atoms with Gasteiger partial charge in [0.1, 0.15) is 0 Å². The van der Waals surface area contributed by atoms with E-state index < -0.39 is 18.9 Å². The molecule has 0 aromatic heterocycles. The van der Waals surface area contributed by atoms with E-state index in [0.717, 1.165) is 5.56 Å². The van der Waals surface area contributed by atoms with Gasteiger partial charge in [-0.25, -0.2) is 8.78 Å². The van der Waals surface area contributed by atoms with Crippen molar-refractivity contribution in [1.29, 1.82) is 0 Å². The summed E-state index contributed by atoms with van der Waals surface area (Å²) in [5.74, 6) is -3.97. The van der Waals surface area contributed by atoms with Crippen LogP contribution in [0.15, 0.2) is 30.3 Å². The first-order valence-electron chi connectivity index (χ1n) is 5.35. The molecule has 1 atom stereocenters. The molecule has 96 valence electrons. The summed E-state index contributed by atoms with van der Waals surface area (Å²) in [4.78, 5) is 0. The Balaban J connectivity index is 2.38. The van der Waals surface area contributed by atoms with Gasteiger partial charge in [-0.2, -0.15) is 8.78 Å². The van der Waals surface area contributed by atoms with Gasteiger partial charge in [-0.1, -0.05) is 30.3 Å². The van der Waals surface area contributed by atoms with E-state index in [1.807, 2.05) is 30.3 Å². The van der Waals surface area contributed by atoms with Crippen molar-refractivity contribution in [2.75, 3.05) is 6.54 Å². The first-order valence-corrected chi connectivity index (χ1v) is 5.35. The van der Waals surface area contributed by atoms with Gasteiger partial charge in [0.15, 0.2) is 0 Å². The van der Waals surface area contributed by atoms with E-state index >= 15 is 0 Å². The molecular weight excluding hydrogens is 234 g/mol. The SMILES string of the molecule is CC(Cc1ccccc1)NCC(F)(F)C(F)F. The smallest absolute Gasteiger partial charge is 0.308 e. The topological polar surface area (TPSA) is 12.0 Å². The Labute approximate surface area is 97.8 Å². The zero-order valence-electron chi connectivity index (χ0n) is 9.47. The third-order valence-corrected chi connectivity index (χ3v) is 2.39. The van der Waals surface area contributed by atoms with Gasteiger partial charge in [0, 0.05) is 6.04 Å². The summed E-state index contributed by atoms with van der Waals surface area (Å²) in [6, 6.07) is 8.99. The van der Waals surface area contributed by atoms with Crippen LogP contribution in [-0.4, -0.2) is 24.9 Å². The summed E-state index contributed by atoms with van der Waals surface area (Å²) in [7, 11) is 0. The quantitative estimate of drug-likeness (QED) is 0.764. The van der Waals surface area contributed by atoms with Gasteiger partial charge in [0.25, 0.3) is 0 Å².